The average Bonchev–Trinajstić information content (AvgIpc) is 2.48. The van der Waals surface area contributed by atoms with Crippen molar-refractivity contribution in [3.63, 3.8) is 0 Å². The van der Waals surface area contributed by atoms with Crippen LogP contribution in [0.5, 0.6) is 0 Å². The van der Waals surface area contributed by atoms with E-state index in [1.54, 1.807) is 10.9 Å². The Morgan fingerprint density at radius 3 is 2.75 bits per heavy atom. The van der Waals surface area contributed by atoms with Gasteiger partial charge in [-0.1, -0.05) is 0 Å². The Balaban J connectivity index is 2.23. The van der Waals surface area contributed by atoms with Crippen molar-refractivity contribution in [1.82, 2.24) is 9.78 Å². The van der Waals surface area contributed by atoms with Gasteiger partial charge < -0.3 is 10.1 Å². The van der Waals surface area contributed by atoms with Crippen LogP contribution in [-0.2, 0) is 16.6 Å². The molecule has 5 nitrogen and oxygen atoms in total. The molecule has 16 heavy (non-hydrogen) atoms. The maximum absolute atomic E-state index is 11.4. The molecule has 0 aliphatic rings. The van der Waals surface area contributed by atoms with Crippen LogP contribution < -0.4 is 5.32 Å². The Kier molecular flexibility index (Phi) is 3.93. The van der Waals surface area contributed by atoms with E-state index in [4.69, 9.17) is 4.74 Å². The predicted molar refractivity (Wildman–Crippen MR) is 62.2 cm³/mol. The number of hydrogen-bond donors (Lipinski definition) is 1. The first-order chi connectivity index (χ1) is 7.37. The van der Waals surface area contributed by atoms with E-state index in [1.807, 2.05) is 34.0 Å². The quantitative estimate of drug-likeness (QED) is 0.790. The van der Waals surface area contributed by atoms with E-state index < -0.39 is 5.60 Å². The zero-order chi connectivity index (χ0) is 12.2. The molecule has 0 spiro atoms. The van der Waals surface area contributed by atoms with Gasteiger partial charge in [0.05, 0.1) is 18.3 Å². The van der Waals surface area contributed by atoms with Crippen LogP contribution in [0.4, 0.5) is 5.69 Å². The van der Waals surface area contributed by atoms with Gasteiger partial charge in [0.2, 0.25) is 0 Å². The van der Waals surface area contributed by atoms with Gasteiger partial charge in [-0.3, -0.25) is 9.48 Å². The van der Waals surface area contributed by atoms with Gasteiger partial charge in [-0.2, -0.15) is 5.10 Å². The van der Waals surface area contributed by atoms with E-state index in [2.05, 4.69) is 10.4 Å². The van der Waals surface area contributed by atoms with E-state index >= 15 is 0 Å². The molecule has 0 aliphatic carbocycles. The summed E-state index contributed by atoms with van der Waals surface area (Å²) in [6, 6.07) is 0. The van der Waals surface area contributed by atoms with Crippen LogP contribution >= 0.6 is 0 Å². The minimum atomic E-state index is -0.411. The molecule has 90 valence electrons. The molecule has 0 atom stereocenters. The predicted octanol–water partition coefficient (Wildman–Crippen LogP) is 1.56. The number of carbonyl (C=O) groups is 1. The highest BCUT2D eigenvalue weighted by Crippen LogP contribution is 2.08. The van der Waals surface area contributed by atoms with Crippen molar-refractivity contribution in [2.45, 2.75) is 32.8 Å². The van der Waals surface area contributed by atoms with Crippen molar-refractivity contribution in [1.29, 1.82) is 0 Å². The van der Waals surface area contributed by atoms with E-state index in [-0.39, 0.29) is 5.97 Å². The Bertz CT molecular complexity index is 352. The molecule has 0 aromatic carbocycles. The van der Waals surface area contributed by atoms with Crippen LogP contribution in [0.2, 0.25) is 0 Å². The average molecular weight is 225 g/mol. The lowest BCUT2D eigenvalue weighted by Crippen LogP contribution is -2.25. The molecular weight excluding hydrogens is 206 g/mol. The highest BCUT2D eigenvalue weighted by molar-refractivity contribution is 5.70. The Hall–Kier alpha value is -1.52. The summed E-state index contributed by atoms with van der Waals surface area (Å²) in [7, 11) is 1.85. The summed E-state index contributed by atoms with van der Waals surface area (Å²) < 4.78 is 6.89. The van der Waals surface area contributed by atoms with Crippen LogP contribution in [0.15, 0.2) is 12.4 Å². The standard InChI is InChI=1S/C11H19N3O2/c1-11(2,3)16-10(15)5-6-12-9-7-13-14(4)8-9/h7-8,12H,5-6H2,1-4H3. The molecule has 1 rings (SSSR count). The molecule has 1 aromatic rings. The number of aromatic nitrogens is 2. The molecule has 1 aromatic heterocycles. The molecule has 0 bridgehead atoms. The van der Waals surface area contributed by atoms with Crippen LogP contribution in [0.25, 0.3) is 0 Å². The topological polar surface area (TPSA) is 56.2 Å². The second-order valence-electron chi connectivity index (χ2n) is 4.67. The second-order valence-corrected chi connectivity index (χ2v) is 4.67. The maximum atomic E-state index is 11.4. The zero-order valence-corrected chi connectivity index (χ0v) is 10.3. The summed E-state index contributed by atoms with van der Waals surface area (Å²) in [6.07, 6.45) is 3.93. The van der Waals surface area contributed by atoms with Crippen LogP contribution in [0.3, 0.4) is 0 Å². The van der Waals surface area contributed by atoms with E-state index in [1.165, 1.54) is 0 Å². The fraction of sp³-hybridized carbons (Fsp3) is 0.636. The van der Waals surface area contributed by atoms with Crippen molar-refractivity contribution in [2.75, 3.05) is 11.9 Å². The van der Waals surface area contributed by atoms with Gasteiger partial charge in [-0.05, 0) is 20.8 Å². The highest BCUT2D eigenvalue weighted by Gasteiger charge is 2.15. The van der Waals surface area contributed by atoms with Gasteiger partial charge in [-0.15, -0.1) is 0 Å². The molecule has 0 unspecified atom stereocenters. The first kappa shape index (κ1) is 12.5. The number of carbonyl (C=O) groups excluding carboxylic acids is 1. The van der Waals surface area contributed by atoms with Crippen LogP contribution in [-0.4, -0.2) is 27.9 Å². The first-order valence-electron chi connectivity index (χ1n) is 5.31. The molecule has 5 heteroatoms. The zero-order valence-electron chi connectivity index (χ0n) is 10.3. The molecule has 0 radical (unpaired) electrons. The van der Waals surface area contributed by atoms with Crippen molar-refractivity contribution >= 4 is 11.7 Å². The number of aryl methyl sites for hydroxylation is 1. The number of ether oxygens (including phenoxy) is 1. The van der Waals surface area contributed by atoms with Gasteiger partial charge >= 0.3 is 5.97 Å². The molecule has 0 amide bonds. The molecule has 0 saturated carbocycles. The summed E-state index contributed by atoms with van der Waals surface area (Å²) >= 11 is 0. The maximum Gasteiger partial charge on any atom is 0.308 e. The minimum Gasteiger partial charge on any atom is -0.460 e. The molecule has 0 aliphatic heterocycles. The third-order valence-electron chi connectivity index (χ3n) is 1.78. The van der Waals surface area contributed by atoms with Crippen LogP contribution in [0, 0.1) is 0 Å². The van der Waals surface area contributed by atoms with Gasteiger partial charge in [0.1, 0.15) is 5.60 Å². The van der Waals surface area contributed by atoms with E-state index in [0.717, 1.165) is 5.69 Å². The van der Waals surface area contributed by atoms with Gasteiger partial charge in [0, 0.05) is 19.8 Å². The molecular formula is C11H19N3O2. The smallest absolute Gasteiger partial charge is 0.308 e. The first-order valence-corrected chi connectivity index (χ1v) is 5.31. The van der Waals surface area contributed by atoms with E-state index in [0.29, 0.717) is 13.0 Å². The lowest BCUT2D eigenvalue weighted by Gasteiger charge is -2.19. The van der Waals surface area contributed by atoms with Crippen molar-refractivity contribution in [3.05, 3.63) is 12.4 Å². The summed E-state index contributed by atoms with van der Waals surface area (Å²) in [4.78, 5) is 11.4. The summed E-state index contributed by atoms with van der Waals surface area (Å²) in [5.74, 6) is -0.191. The third-order valence-corrected chi connectivity index (χ3v) is 1.78. The Labute approximate surface area is 95.8 Å². The second kappa shape index (κ2) is 5.01. The lowest BCUT2D eigenvalue weighted by molar-refractivity contribution is -0.154. The highest BCUT2D eigenvalue weighted by atomic mass is 16.6. The summed E-state index contributed by atoms with van der Waals surface area (Å²) in [5.41, 5.74) is 0.497. The van der Waals surface area contributed by atoms with Crippen molar-refractivity contribution in [3.8, 4) is 0 Å². The number of nitrogens with one attached hydrogen (secondary N) is 1. The number of esters is 1. The van der Waals surface area contributed by atoms with Gasteiger partial charge in [0.25, 0.3) is 0 Å². The van der Waals surface area contributed by atoms with Crippen molar-refractivity contribution < 1.29 is 9.53 Å². The molecule has 1 heterocycles. The largest absolute Gasteiger partial charge is 0.460 e. The van der Waals surface area contributed by atoms with Crippen LogP contribution in [0.1, 0.15) is 27.2 Å². The third kappa shape index (κ3) is 4.82. The summed E-state index contributed by atoms with van der Waals surface area (Å²) in [6.45, 7) is 6.14. The number of hydrogen-bond acceptors (Lipinski definition) is 4. The Morgan fingerprint density at radius 2 is 2.25 bits per heavy atom. The molecule has 1 N–H and O–H groups in total. The van der Waals surface area contributed by atoms with E-state index in [9.17, 15) is 4.79 Å². The lowest BCUT2D eigenvalue weighted by atomic mass is 10.2. The number of nitrogens with zero attached hydrogens (tertiary/aromatic N) is 2. The summed E-state index contributed by atoms with van der Waals surface area (Å²) in [5, 5.41) is 7.11. The number of anilines is 1. The number of rotatable bonds is 4. The van der Waals surface area contributed by atoms with Gasteiger partial charge in [0.15, 0.2) is 0 Å². The fourth-order valence-corrected chi connectivity index (χ4v) is 1.21. The normalized spacial score (nSPS) is 11.2. The SMILES string of the molecule is Cn1cc(NCCC(=O)OC(C)(C)C)cn1. The fourth-order valence-electron chi connectivity index (χ4n) is 1.21. The molecule has 0 fully saturated rings. The van der Waals surface area contributed by atoms with Gasteiger partial charge in [-0.25, -0.2) is 0 Å². The monoisotopic (exact) mass is 225 g/mol. The Morgan fingerprint density at radius 1 is 1.56 bits per heavy atom. The molecule has 0 saturated heterocycles. The minimum absolute atomic E-state index is 0.191. The van der Waals surface area contributed by atoms with Crippen molar-refractivity contribution in [2.24, 2.45) is 7.05 Å².